The van der Waals surface area contributed by atoms with Gasteiger partial charge < -0.3 is 4.84 Å². The van der Waals surface area contributed by atoms with Gasteiger partial charge in [0.25, 0.3) is 0 Å². The smallest absolute Gasteiger partial charge is 0.391 e. The Balaban J connectivity index is 2.47. The van der Waals surface area contributed by atoms with Crippen LogP contribution in [0.25, 0.3) is 0 Å². The molecule has 0 N–H and O–H groups in total. The van der Waals surface area contributed by atoms with E-state index in [0.717, 1.165) is 11.6 Å². The van der Waals surface area contributed by atoms with E-state index in [1.807, 2.05) is 5.92 Å². The average Bonchev–Trinajstić information content (AvgIpc) is 2.70. The fraction of sp³-hybridized carbons (Fsp3) is 0.250. The molecule has 0 spiro atoms. The zero-order chi connectivity index (χ0) is 23.2. The van der Waals surface area contributed by atoms with Crippen LogP contribution in [0.2, 0.25) is 10.0 Å². The van der Waals surface area contributed by atoms with Crippen molar-refractivity contribution in [1.82, 2.24) is 0 Å². The van der Waals surface area contributed by atoms with Crippen molar-refractivity contribution in [2.24, 2.45) is 5.16 Å². The summed E-state index contributed by atoms with van der Waals surface area (Å²) in [6.45, 7) is 0.906. The molecule has 5 nitrogen and oxygen atoms in total. The maximum absolute atomic E-state index is 13.2. The lowest BCUT2D eigenvalue weighted by Gasteiger charge is -2.26. The van der Waals surface area contributed by atoms with Gasteiger partial charge in [-0.1, -0.05) is 53.3 Å². The summed E-state index contributed by atoms with van der Waals surface area (Å²) in [5.41, 5.74) is -4.87. The van der Waals surface area contributed by atoms with Crippen LogP contribution in [-0.2, 0) is 21.5 Å². The quantitative estimate of drug-likeness (QED) is 0.273. The third-order valence-corrected chi connectivity index (χ3v) is 5.99. The van der Waals surface area contributed by atoms with Crippen LogP contribution in [0.3, 0.4) is 0 Å². The molecular formula is C20H17Cl2F3N2O3S. The number of hydrogen-bond donors (Lipinski definition) is 0. The number of oxime groups is 1. The Morgan fingerprint density at radius 1 is 1.16 bits per heavy atom. The summed E-state index contributed by atoms with van der Waals surface area (Å²) in [4.78, 5) is 5.33. The van der Waals surface area contributed by atoms with Crippen LogP contribution in [0.1, 0.15) is 24.5 Å². The van der Waals surface area contributed by atoms with Gasteiger partial charge in [-0.3, -0.25) is 4.31 Å². The normalized spacial score (nSPS) is 12.4. The molecule has 0 radical (unpaired) electrons. The van der Waals surface area contributed by atoms with E-state index in [0.29, 0.717) is 5.02 Å². The van der Waals surface area contributed by atoms with E-state index in [-0.39, 0.29) is 39.3 Å². The van der Waals surface area contributed by atoms with Crippen molar-refractivity contribution in [2.75, 3.05) is 10.8 Å². The van der Waals surface area contributed by atoms with E-state index in [1.165, 1.54) is 12.1 Å². The first-order chi connectivity index (χ1) is 14.5. The second-order valence-electron chi connectivity index (χ2n) is 6.11. The van der Waals surface area contributed by atoms with Gasteiger partial charge in [-0.2, -0.15) is 21.6 Å². The molecular weight excluding hydrogens is 476 g/mol. The number of terminal acetylenes is 1. The van der Waals surface area contributed by atoms with Crippen molar-refractivity contribution in [3.8, 4) is 12.3 Å². The first-order valence-electron chi connectivity index (χ1n) is 8.77. The number of rotatable bonds is 8. The summed E-state index contributed by atoms with van der Waals surface area (Å²) in [6.07, 6.45) is 5.35. The minimum absolute atomic E-state index is 0.0502. The maximum Gasteiger partial charge on any atom is 0.516 e. The van der Waals surface area contributed by atoms with Crippen LogP contribution in [0.4, 0.5) is 18.9 Å². The van der Waals surface area contributed by atoms with Crippen LogP contribution >= 0.6 is 23.2 Å². The van der Waals surface area contributed by atoms with Gasteiger partial charge in [0.15, 0.2) is 0 Å². The zero-order valence-electron chi connectivity index (χ0n) is 16.2. The van der Waals surface area contributed by atoms with E-state index in [1.54, 1.807) is 31.2 Å². The standard InChI is InChI=1S/C20H17Cl2F3N2O3S/c1-3-11-27(31(28,29)20(23,24)25)19-10-9-16(22)12-17(19)18(4-2)26-30-13-14-5-7-15(21)8-6-14/h1,5-10,12H,4,11,13H2,2H3. The predicted octanol–water partition coefficient (Wildman–Crippen LogP) is 5.61. The molecule has 0 fully saturated rings. The summed E-state index contributed by atoms with van der Waals surface area (Å²) in [6, 6.07) is 10.5. The van der Waals surface area contributed by atoms with Gasteiger partial charge in [0.2, 0.25) is 0 Å². The lowest BCUT2D eigenvalue weighted by Crippen LogP contribution is -2.41. The van der Waals surface area contributed by atoms with Gasteiger partial charge in [0.05, 0.1) is 17.9 Å². The Morgan fingerprint density at radius 3 is 2.32 bits per heavy atom. The highest BCUT2D eigenvalue weighted by Gasteiger charge is 2.50. The Labute approximate surface area is 188 Å². The van der Waals surface area contributed by atoms with Crippen LogP contribution < -0.4 is 4.31 Å². The van der Waals surface area contributed by atoms with E-state index in [4.69, 9.17) is 34.5 Å². The molecule has 0 amide bonds. The highest BCUT2D eigenvalue weighted by Crippen LogP contribution is 2.34. The fourth-order valence-corrected chi connectivity index (χ4v) is 3.74. The SMILES string of the molecule is C#CCN(c1ccc(Cl)cc1C(CC)=NOCc1ccc(Cl)cc1)S(=O)(=O)C(F)(F)F. The van der Waals surface area contributed by atoms with E-state index >= 15 is 0 Å². The van der Waals surface area contributed by atoms with E-state index in [2.05, 4.69) is 5.16 Å². The molecule has 0 heterocycles. The molecule has 0 aromatic heterocycles. The minimum Gasteiger partial charge on any atom is -0.391 e. The number of halogens is 5. The largest absolute Gasteiger partial charge is 0.516 e. The molecule has 0 saturated heterocycles. The lowest BCUT2D eigenvalue weighted by molar-refractivity contribution is -0.0437. The van der Waals surface area contributed by atoms with Crippen molar-refractivity contribution < 1.29 is 26.4 Å². The summed E-state index contributed by atoms with van der Waals surface area (Å²) in [7, 11) is -5.76. The van der Waals surface area contributed by atoms with Gasteiger partial charge in [-0.25, -0.2) is 0 Å². The number of hydrogen-bond acceptors (Lipinski definition) is 4. The van der Waals surface area contributed by atoms with Crippen molar-refractivity contribution in [1.29, 1.82) is 0 Å². The third-order valence-electron chi connectivity index (χ3n) is 4.01. The number of sulfonamides is 1. The Kier molecular flexibility index (Phi) is 8.23. The second-order valence-corrected chi connectivity index (χ2v) is 8.84. The molecule has 0 aliphatic carbocycles. The minimum atomic E-state index is -5.76. The van der Waals surface area contributed by atoms with E-state index in [9.17, 15) is 21.6 Å². The number of benzene rings is 2. The highest BCUT2D eigenvalue weighted by molar-refractivity contribution is 7.93. The summed E-state index contributed by atoms with van der Waals surface area (Å²) in [5.74, 6) is 1.94. The molecule has 11 heteroatoms. The first kappa shape index (κ1) is 24.9. The van der Waals surface area contributed by atoms with Crippen LogP contribution in [-0.4, -0.2) is 26.2 Å². The predicted molar refractivity (Wildman–Crippen MR) is 116 cm³/mol. The van der Waals surface area contributed by atoms with Crippen molar-refractivity contribution >= 4 is 44.6 Å². The van der Waals surface area contributed by atoms with Crippen LogP contribution in [0.5, 0.6) is 0 Å². The van der Waals surface area contributed by atoms with Gasteiger partial charge in [0, 0.05) is 15.6 Å². The molecule has 0 aliphatic rings. The molecule has 0 bridgehead atoms. The fourth-order valence-electron chi connectivity index (χ4n) is 2.53. The molecule has 2 rings (SSSR count). The molecule has 0 unspecified atom stereocenters. The number of nitrogens with zero attached hydrogens (tertiary/aromatic N) is 2. The average molecular weight is 493 g/mol. The highest BCUT2D eigenvalue weighted by atomic mass is 35.5. The first-order valence-corrected chi connectivity index (χ1v) is 11.0. The molecule has 0 saturated carbocycles. The summed E-state index contributed by atoms with van der Waals surface area (Å²) in [5, 5.41) is 4.70. The Bertz CT molecular complexity index is 1100. The van der Waals surface area contributed by atoms with Gasteiger partial charge in [-0.15, -0.1) is 6.42 Å². The molecule has 166 valence electrons. The van der Waals surface area contributed by atoms with Crippen molar-refractivity contribution in [2.45, 2.75) is 25.5 Å². The van der Waals surface area contributed by atoms with Gasteiger partial charge >= 0.3 is 15.5 Å². The van der Waals surface area contributed by atoms with Crippen molar-refractivity contribution in [3.63, 3.8) is 0 Å². The maximum atomic E-state index is 13.2. The monoisotopic (exact) mass is 492 g/mol. The second kappa shape index (κ2) is 10.3. The molecule has 2 aromatic carbocycles. The molecule has 0 atom stereocenters. The summed E-state index contributed by atoms with van der Waals surface area (Å²) < 4.78 is 64.0. The van der Waals surface area contributed by atoms with E-state index < -0.39 is 22.1 Å². The Morgan fingerprint density at radius 2 is 1.77 bits per heavy atom. The molecule has 31 heavy (non-hydrogen) atoms. The Hall–Kier alpha value is -2.41. The van der Waals surface area contributed by atoms with Crippen molar-refractivity contribution in [3.05, 3.63) is 63.6 Å². The van der Waals surface area contributed by atoms with Crippen LogP contribution in [0, 0.1) is 12.3 Å². The topological polar surface area (TPSA) is 59.0 Å². The molecule has 2 aromatic rings. The molecule has 0 aliphatic heterocycles. The van der Waals surface area contributed by atoms with Crippen LogP contribution in [0.15, 0.2) is 47.6 Å². The zero-order valence-corrected chi connectivity index (χ0v) is 18.5. The van der Waals surface area contributed by atoms with Gasteiger partial charge in [-0.05, 0) is 42.3 Å². The van der Waals surface area contributed by atoms with Gasteiger partial charge in [0.1, 0.15) is 6.61 Å². The third kappa shape index (κ3) is 6.06. The lowest BCUT2D eigenvalue weighted by atomic mass is 10.1. The number of alkyl halides is 3. The summed E-state index contributed by atoms with van der Waals surface area (Å²) >= 11 is 11.8. The number of anilines is 1.